The van der Waals surface area contributed by atoms with Crippen LogP contribution in [-0.2, 0) is 0 Å². The molecule has 1 N–H and O–H groups in total. The smallest absolute Gasteiger partial charge is 0.245 e. The van der Waals surface area contributed by atoms with Crippen molar-refractivity contribution >= 4 is 0 Å². The predicted molar refractivity (Wildman–Crippen MR) is 98.1 cm³/mol. The molecule has 0 aliphatic heterocycles. The van der Waals surface area contributed by atoms with E-state index in [2.05, 4.69) is 15.0 Å². The maximum absolute atomic E-state index is 6.08. The minimum absolute atomic E-state index is 0.485. The molecule has 2 aromatic heterocycles. The number of methoxy groups -OCH3 is 2. The van der Waals surface area contributed by atoms with Crippen molar-refractivity contribution in [3.63, 3.8) is 0 Å². The highest BCUT2D eigenvalue weighted by Gasteiger charge is 2.19. The fourth-order valence-electron chi connectivity index (χ4n) is 2.69. The van der Waals surface area contributed by atoms with E-state index >= 15 is 0 Å². The maximum Gasteiger partial charge on any atom is 0.245 e. The van der Waals surface area contributed by atoms with Crippen molar-refractivity contribution in [1.82, 2.24) is 15.0 Å². The molecule has 0 aliphatic carbocycles. The van der Waals surface area contributed by atoms with Crippen LogP contribution in [0.1, 0.15) is 0 Å². The first-order valence-corrected chi connectivity index (χ1v) is 8.07. The van der Waals surface area contributed by atoms with E-state index in [1.54, 1.807) is 26.7 Å². The molecule has 2 aromatic carbocycles. The van der Waals surface area contributed by atoms with E-state index < -0.39 is 0 Å². The molecule has 0 saturated carbocycles. The van der Waals surface area contributed by atoms with Gasteiger partial charge in [0.25, 0.3) is 0 Å². The number of H-pyrrole nitrogens is 1. The first kappa shape index (κ1) is 16.0. The third kappa shape index (κ3) is 2.93. The van der Waals surface area contributed by atoms with Crippen LogP contribution in [-0.4, -0.2) is 29.2 Å². The number of aromatic nitrogens is 3. The van der Waals surface area contributed by atoms with E-state index in [1.807, 2.05) is 48.5 Å². The van der Waals surface area contributed by atoms with Gasteiger partial charge in [-0.05, 0) is 48.5 Å². The summed E-state index contributed by atoms with van der Waals surface area (Å²) in [6.07, 6.45) is 3.28. The average Bonchev–Trinajstić information content (AvgIpc) is 3.38. The molecular formula is C20H17N3O3. The van der Waals surface area contributed by atoms with Gasteiger partial charge >= 0.3 is 0 Å². The Balaban J connectivity index is 1.84. The van der Waals surface area contributed by atoms with Gasteiger partial charge in [-0.15, -0.1) is 0 Å². The lowest BCUT2D eigenvalue weighted by molar-refractivity contribution is 0.414. The van der Waals surface area contributed by atoms with Gasteiger partial charge in [-0.2, -0.15) is 0 Å². The quantitative estimate of drug-likeness (QED) is 0.579. The minimum atomic E-state index is 0.485. The van der Waals surface area contributed by atoms with Gasteiger partial charge in [0, 0.05) is 11.1 Å². The van der Waals surface area contributed by atoms with Crippen LogP contribution in [0.4, 0.5) is 0 Å². The fraction of sp³-hybridized carbons (Fsp3) is 0.100. The van der Waals surface area contributed by atoms with Crippen molar-refractivity contribution in [2.75, 3.05) is 14.2 Å². The molecule has 0 amide bonds. The molecule has 130 valence electrons. The molecule has 0 fully saturated rings. The zero-order valence-corrected chi connectivity index (χ0v) is 14.4. The van der Waals surface area contributed by atoms with Crippen LogP contribution in [0.15, 0.2) is 65.5 Å². The minimum Gasteiger partial charge on any atom is -0.497 e. The van der Waals surface area contributed by atoms with Crippen LogP contribution >= 0.6 is 0 Å². The van der Waals surface area contributed by atoms with Crippen molar-refractivity contribution in [2.45, 2.75) is 0 Å². The Morgan fingerprint density at radius 2 is 1.46 bits per heavy atom. The van der Waals surface area contributed by atoms with Crippen molar-refractivity contribution < 1.29 is 13.9 Å². The van der Waals surface area contributed by atoms with E-state index in [1.165, 1.54) is 0 Å². The molecule has 4 rings (SSSR count). The van der Waals surface area contributed by atoms with Gasteiger partial charge < -0.3 is 18.9 Å². The predicted octanol–water partition coefficient (Wildman–Crippen LogP) is 4.42. The first-order valence-electron chi connectivity index (χ1n) is 8.07. The number of ether oxygens (including phenoxy) is 2. The third-order valence-electron chi connectivity index (χ3n) is 4.07. The molecule has 4 aromatic rings. The van der Waals surface area contributed by atoms with Crippen molar-refractivity contribution in [2.24, 2.45) is 0 Å². The lowest BCUT2D eigenvalue weighted by Gasteiger charge is -2.04. The molecule has 0 bridgehead atoms. The summed E-state index contributed by atoms with van der Waals surface area (Å²) < 4.78 is 16.6. The Morgan fingerprint density at radius 3 is 2.00 bits per heavy atom. The summed E-state index contributed by atoms with van der Waals surface area (Å²) in [6.45, 7) is 0. The van der Waals surface area contributed by atoms with Gasteiger partial charge in [0.15, 0.2) is 5.76 Å². The summed E-state index contributed by atoms with van der Waals surface area (Å²) in [4.78, 5) is 11.8. The van der Waals surface area contributed by atoms with Gasteiger partial charge in [-0.25, -0.2) is 9.97 Å². The highest BCUT2D eigenvalue weighted by Crippen LogP contribution is 2.36. The number of nitrogens with zero attached hydrogens (tertiary/aromatic N) is 2. The van der Waals surface area contributed by atoms with Crippen molar-refractivity contribution in [1.29, 1.82) is 0 Å². The van der Waals surface area contributed by atoms with E-state index in [-0.39, 0.29) is 0 Å². The Hall–Kier alpha value is -3.54. The lowest BCUT2D eigenvalue weighted by Crippen LogP contribution is -1.86. The molecule has 0 spiro atoms. The van der Waals surface area contributed by atoms with E-state index in [0.29, 0.717) is 11.7 Å². The number of aromatic amines is 1. The molecule has 0 radical (unpaired) electrons. The first-order chi connectivity index (χ1) is 12.8. The third-order valence-corrected chi connectivity index (χ3v) is 4.07. The monoisotopic (exact) mass is 347 g/mol. The maximum atomic E-state index is 6.08. The summed E-state index contributed by atoms with van der Waals surface area (Å²) in [5, 5.41) is 0. The zero-order chi connectivity index (χ0) is 17.9. The highest BCUT2D eigenvalue weighted by atomic mass is 16.5. The molecule has 0 aliphatic rings. The molecule has 6 nitrogen and oxygen atoms in total. The molecule has 26 heavy (non-hydrogen) atoms. The van der Waals surface area contributed by atoms with Crippen LogP contribution in [0.5, 0.6) is 11.5 Å². The normalized spacial score (nSPS) is 10.7. The van der Waals surface area contributed by atoms with Crippen LogP contribution in [0.3, 0.4) is 0 Å². The molecule has 0 unspecified atom stereocenters. The summed E-state index contributed by atoms with van der Waals surface area (Å²) in [5.74, 6) is 2.74. The number of hydrogen-bond donors (Lipinski definition) is 1. The summed E-state index contributed by atoms with van der Waals surface area (Å²) in [5.41, 5.74) is 3.32. The SMILES string of the molecule is COc1ccc(-c2nc(-c3cnc[nH]3)oc2-c2ccc(OC)cc2)cc1. The average molecular weight is 347 g/mol. The lowest BCUT2D eigenvalue weighted by atomic mass is 10.1. The van der Waals surface area contributed by atoms with Gasteiger partial charge in [0.1, 0.15) is 22.9 Å². The Morgan fingerprint density at radius 1 is 0.846 bits per heavy atom. The fourth-order valence-corrected chi connectivity index (χ4v) is 2.69. The van der Waals surface area contributed by atoms with Gasteiger partial charge in [-0.3, -0.25) is 0 Å². The van der Waals surface area contributed by atoms with Gasteiger partial charge in [0.2, 0.25) is 5.89 Å². The van der Waals surface area contributed by atoms with Crippen molar-refractivity contribution in [3.8, 4) is 45.7 Å². The number of imidazole rings is 1. The molecule has 0 saturated heterocycles. The van der Waals surface area contributed by atoms with E-state index in [9.17, 15) is 0 Å². The number of rotatable bonds is 5. The number of nitrogens with one attached hydrogen (secondary N) is 1. The largest absolute Gasteiger partial charge is 0.497 e. The second-order valence-corrected chi connectivity index (χ2v) is 5.62. The molecule has 6 heteroatoms. The summed E-state index contributed by atoms with van der Waals surface area (Å²) in [7, 11) is 3.28. The number of benzene rings is 2. The molecule has 2 heterocycles. The van der Waals surface area contributed by atoms with Crippen molar-refractivity contribution in [3.05, 3.63) is 61.1 Å². The molecular weight excluding hydrogens is 330 g/mol. The summed E-state index contributed by atoms with van der Waals surface area (Å²) >= 11 is 0. The van der Waals surface area contributed by atoms with Crippen LogP contribution < -0.4 is 9.47 Å². The second kappa shape index (κ2) is 6.76. The molecule has 0 atom stereocenters. The summed E-state index contributed by atoms with van der Waals surface area (Å²) in [6, 6.07) is 15.4. The van der Waals surface area contributed by atoms with Crippen LogP contribution in [0.25, 0.3) is 34.2 Å². The Kier molecular flexibility index (Phi) is 4.15. The topological polar surface area (TPSA) is 73.2 Å². The Bertz CT molecular complexity index is 923. The highest BCUT2D eigenvalue weighted by molar-refractivity contribution is 5.79. The van der Waals surface area contributed by atoms with Gasteiger partial charge in [0.05, 0.1) is 26.7 Å². The standard InChI is InChI=1S/C20H17N3O3/c1-24-15-7-3-13(4-8-15)18-19(14-5-9-16(25-2)10-6-14)26-20(23-18)17-11-21-12-22-17/h3-12H,1-2H3,(H,21,22). The van der Waals surface area contributed by atoms with E-state index in [0.717, 1.165) is 34.0 Å². The number of oxazole rings is 1. The Labute approximate surface area is 150 Å². The van der Waals surface area contributed by atoms with Crippen LogP contribution in [0, 0.1) is 0 Å². The van der Waals surface area contributed by atoms with Crippen LogP contribution in [0.2, 0.25) is 0 Å². The van der Waals surface area contributed by atoms with Gasteiger partial charge in [-0.1, -0.05) is 0 Å². The van der Waals surface area contributed by atoms with E-state index in [4.69, 9.17) is 13.9 Å². The second-order valence-electron chi connectivity index (χ2n) is 5.62. The zero-order valence-electron chi connectivity index (χ0n) is 14.4. The number of hydrogen-bond acceptors (Lipinski definition) is 5.